The lowest BCUT2D eigenvalue weighted by Gasteiger charge is -2.26. The molecule has 4 aromatic carbocycles. The van der Waals surface area contributed by atoms with Crippen molar-refractivity contribution in [2.75, 3.05) is 10.8 Å². The van der Waals surface area contributed by atoms with Crippen molar-refractivity contribution in [1.82, 2.24) is 5.32 Å². The van der Waals surface area contributed by atoms with Crippen molar-refractivity contribution in [3.63, 3.8) is 0 Å². The van der Waals surface area contributed by atoms with Gasteiger partial charge in [0.15, 0.2) is 0 Å². The van der Waals surface area contributed by atoms with E-state index in [0.29, 0.717) is 10.7 Å². The molecule has 1 atom stereocenters. The molecule has 4 rings (SSSR count). The average molecular weight is 519 g/mol. The number of hydrogen-bond acceptors (Lipinski definition) is 3. The summed E-state index contributed by atoms with van der Waals surface area (Å²) in [6.07, 6.45) is 0. The molecule has 1 N–H and O–H groups in total. The Kier molecular flexibility index (Phi) is 7.77. The number of halogens is 1. The van der Waals surface area contributed by atoms with E-state index in [1.807, 2.05) is 80.6 Å². The zero-order valence-electron chi connectivity index (χ0n) is 20.1. The van der Waals surface area contributed by atoms with Gasteiger partial charge in [-0.15, -0.1) is 0 Å². The van der Waals surface area contributed by atoms with E-state index in [9.17, 15) is 13.2 Å². The molecule has 0 aromatic heterocycles. The second kappa shape index (κ2) is 11.0. The fraction of sp³-hybridized carbons (Fsp3) is 0.138. The summed E-state index contributed by atoms with van der Waals surface area (Å²) in [5.41, 5.74) is 4.30. The highest BCUT2D eigenvalue weighted by Crippen LogP contribution is 2.26. The largest absolute Gasteiger partial charge is 0.344 e. The van der Waals surface area contributed by atoms with E-state index in [-0.39, 0.29) is 11.4 Å². The lowest BCUT2D eigenvalue weighted by Crippen LogP contribution is -2.42. The van der Waals surface area contributed by atoms with Gasteiger partial charge in [0.2, 0.25) is 5.91 Å². The number of amides is 1. The topological polar surface area (TPSA) is 66.5 Å². The summed E-state index contributed by atoms with van der Waals surface area (Å²) in [6, 6.07) is 30.0. The third-order valence-electron chi connectivity index (χ3n) is 5.86. The summed E-state index contributed by atoms with van der Waals surface area (Å²) in [7, 11) is -4.04. The van der Waals surface area contributed by atoms with E-state index in [1.54, 1.807) is 12.1 Å². The van der Waals surface area contributed by atoms with Gasteiger partial charge in [-0.2, -0.15) is 0 Å². The van der Waals surface area contributed by atoms with Gasteiger partial charge in [0.05, 0.1) is 16.6 Å². The van der Waals surface area contributed by atoms with Crippen LogP contribution in [-0.2, 0) is 14.8 Å². The minimum atomic E-state index is -4.04. The molecule has 0 radical (unpaired) electrons. The Hall–Kier alpha value is -3.61. The van der Waals surface area contributed by atoms with Crippen LogP contribution in [0.4, 0.5) is 5.69 Å². The molecule has 0 fully saturated rings. The zero-order chi connectivity index (χ0) is 25.7. The maximum atomic E-state index is 13.6. The van der Waals surface area contributed by atoms with Crippen LogP contribution in [0.15, 0.2) is 108 Å². The zero-order valence-corrected chi connectivity index (χ0v) is 21.6. The van der Waals surface area contributed by atoms with Crippen molar-refractivity contribution in [1.29, 1.82) is 0 Å². The van der Waals surface area contributed by atoms with Crippen molar-refractivity contribution >= 4 is 33.2 Å². The molecule has 0 spiro atoms. The molecule has 7 heteroatoms. The second-order valence-electron chi connectivity index (χ2n) is 8.62. The van der Waals surface area contributed by atoms with Crippen molar-refractivity contribution < 1.29 is 13.2 Å². The monoisotopic (exact) mass is 518 g/mol. The van der Waals surface area contributed by atoms with E-state index in [1.165, 1.54) is 24.3 Å². The van der Waals surface area contributed by atoms with E-state index >= 15 is 0 Å². The first-order chi connectivity index (χ1) is 17.2. The normalized spacial score (nSPS) is 12.1. The molecule has 0 aliphatic carbocycles. The second-order valence-corrected chi connectivity index (χ2v) is 10.9. The van der Waals surface area contributed by atoms with Crippen molar-refractivity contribution in [2.45, 2.75) is 24.8 Å². The smallest absolute Gasteiger partial charge is 0.264 e. The highest BCUT2D eigenvalue weighted by Gasteiger charge is 2.28. The fourth-order valence-electron chi connectivity index (χ4n) is 3.86. The van der Waals surface area contributed by atoms with Gasteiger partial charge in [0, 0.05) is 5.02 Å². The van der Waals surface area contributed by atoms with Crippen LogP contribution in [0.2, 0.25) is 5.02 Å². The summed E-state index contributed by atoms with van der Waals surface area (Å²) in [4.78, 5) is 13.5. The van der Waals surface area contributed by atoms with E-state index in [2.05, 4.69) is 5.32 Å². The van der Waals surface area contributed by atoms with Crippen LogP contribution in [0.3, 0.4) is 0 Å². The van der Waals surface area contributed by atoms with Crippen LogP contribution in [0.5, 0.6) is 0 Å². The van der Waals surface area contributed by atoms with Gasteiger partial charge in [-0.1, -0.05) is 89.5 Å². The first-order valence-electron chi connectivity index (χ1n) is 11.5. The Morgan fingerprint density at radius 2 is 1.31 bits per heavy atom. The molecule has 4 aromatic rings. The van der Waals surface area contributed by atoms with E-state index < -0.39 is 22.0 Å². The molecule has 184 valence electrons. The lowest BCUT2D eigenvalue weighted by molar-refractivity contribution is -0.120. The predicted molar refractivity (Wildman–Crippen MR) is 145 cm³/mol. The van der Waals surface area contributed by atoms with Gasteiger partial charge >= 0.3 is 0 Å². The number of rotatable bonds is 8. The Balaban J connectivity index is 1.68. The number of hydrogen-bond donors (Lipinski definition) is 1. The molecule has 5 nitrogen and oxygen atoms in total. The maximum Gasteiger partial charge on any atom is 0.264 e. The highest BCUT2D eigenvalue weighted by molar-refractivity contribution is 7.92. The van der Waals surface area contributed by atoms with Crippen LogP contribution in [0.1, 0.15) is 28.3 Å². The van der Waals surface area contributed by atoms with E-state index in [4.69, 9.17) is 11.6 Å². The minimum Gasteiger partial charge on any atom is -0.344 e. The van der Waals surface area contributed by atoms with Gasteiger partial charge in [0.1, 0.15) is 6.54 Å². The Morgan fingerprint density at radius 1 is 0.778 bits per heavy atom. The number of nitrogens with one attached hydrogen (secondary N) is 1. The minimum absolute atomic E-state index is 0.0541. The van der Waals surface area contributed by atoms with Crippen LogP contribution in [-0.4, -0.2) is 20.9 Å². The summed E-state index contributed by atoms with van der Waals surface area (Å²) in [5.74, 6) is -0.428. The Bertz CT molecular complexity index is 1420. The fourth-order valence-corrected chi connectivity index (χ4v) is 5.41. The summed E-state index contributed by atoms with van der Waals surface area (Å²) in [6.45, 7) is 3.53. The van der Waals surface area contributed by atoms with Crippen molar-refractivity contribution in [2.24, 2.45) is 0 Å². The van der Waals surface area contributed by atoms with Crippen LogP contribution < -0.4 is 9.62 Å². The van der Waals surface area contributed by atoms with Crippen LogP contribution in [0.25, 0.3) is 0 Å². The molecule has 0 saturated carbocycles. The number of carbonyl (C=O) groups is 1. The SMILES string of the molecule is Cc1ccc([C@H](NC(=O)CN(c2ccc(C)cc2)S(=O)(=O)c2ccc(Cl)cc2)c2ccccc2)cc1. The number of nitrogens with zero attached hydrogens (tertiary/aromatic N) is 1. The lowest BCUT2D eigenvalue weighted by atomic mass is 9.98. The van der Waals surface area contributed by atoms with Crippen LogP contribution in [0, 0.1) is 13.8 Å². The number of sulfonamides is 1. The number of anilines is 1. The average Bonchev–Trinajstić information content (AvgIpc) is 2.88. The number of aryl methyl sites for hydroxylation is 2. The molecule has 36 heavy (non-hydrogen) atoms. The Labute approximate surface area is 217 Å². The maximum absolute atomic E-state index is 13.6. The molecular weight excluding hydrogens is 492 g/mol. The summed E-state index contributed by atoms with van der Waals surface area (Å²) in [5, 5.41) is 3.48. The van der Waals surface area contributed by atoms with Gasteiger partial charge in [-0.3, -0.25) is 9.10 Å². The molecule has 0 bridgehead atoms. The highest BCUT2D eigenvalue weighted by atomic mass is 35.5. The third-order valence-corrected chi connectivity index (χ3v) is 7.90. The summed E-state index contributed by atoms with van der Waals surface area (Å²) >= 11 is 5.97. The van der Waals surface area contributed by atoms with Crippen LogP contribution >= 0.6 is 11.6 Å². The summed E-state index contributed by atoms with van der Waals surface area (Å²) < 4.78 is 28.4. The van der Waals surface area contributed by atoms with E-state index in [0.717, 1.165) is 26.6 Å². The van der Waals surface area contributed by atoms with Gasteiger partial charge in [-0.25, -0.2) is 8.42 Å². The molecule has 1 amide bonds. The van der Waals surface area contributed by atoms with Crippen molar-refractivity contribution in [3.05, 3.63) is 130 Å². The first kappa shape index (κ1) is 25.5. The standard InChI is InChI=1S/C29H27ClN2O3S/c1-21-8-12-24(13-9-21)29(23-6-4-3-5-7-23)31-28(33)20-32(26-16-10-22(2)11-17-26)36(34,35)27-18-14-25(30)15-19-27/h3-19,29H,20H2,1-2H3,(H,31,33)/t29-/m1/s1. The number of carbonyl (C=O) groups excluding carboxylic acids is 1. The number of benzene rings is 4. The van der Waals surface area contributed by atoms with Gasteiger partial charge in [-0.05, 0) is 61.4 Å². The molecule has 0 unspecified atom stereocenters. The quantitative estimate of drug-likeness (QED) is 0.308. The van der Waals surface area contributed by atoms with Gasteiger partial charge < -0.3 is 5.32 Å². The molecule has 0 aliphatic rings. The third kappa shape index (κ3) is 5.96. The molecule has 0 saturated heterocycles. The molecule has 0 aliphatic heterocycles. The molecular formula is C29H27ClN2O3S. The first-order valence-corrected chi connectivity index (χ1v) is 13.3. The Morgan fingerprint density at radius 3 is 1.89 bits per heavy atom. The van der Waals surface area contributed by atoms with Gasteiger partial charge in [0.25, 0.3) is 10.0 Å². The predicted octanol–water partition coefficient (Wildman–Crippen LogP) is 6.06. The van der Waals surface area contributed by atoms with Crippen molar-refractivity contribution in [3.8, 4) is 0 Å². The molecule has 0 heterocycles.